The van der Waals surface area contributed by atoms with Crippen molar-refractivity contribution in [1.82, 2.24) is 4.90 Å². The topological polar surface area (TPSA) is 17.3 Å². The van der Waals surface area contributed by atoms with Gasteiger partial charge in [-0.25, -0.2) is 0 Å². The minimum atomic E-state index is 0. The molecule has 0 bridgehead atoms. The van der Waals surface area contributed by atoms with Crippen molar-refractivity contribution in [2.45, 2.75) is 44.7 Å². The predicted octanol–water partition coefficient (Wildman–Crippen LogP) is 2.00. The van der Waals surface area contributed by atoms with Crippen molar-refractivity contribution in [3.8, 4) is 0 Å². The molecule has 1 radical (unpaired) electrons. The summed E-state index contributed by atoms with van der Waals surface area (Å²) in [7, 11) is 0. The number of nitrogens with zero attached hydrogens (tertiary/aromatic N) is 2. The first-order valence-corrected chi connectivity index (χ1v) is 5.15. The second kappa shape index (κ2) is 4.70. The molecule has 2 rings (SSSR count). The van der Waals surface area contributed by atoms with Gasteiger partial charge in [-0.1, -0.05) is 6.42 Å². The standard InChI is InChI=1S/C10H19N2.Y/c1-9(2)12-6-4-3-5-10(12)7-11-8-10;/h9H,3-8H2,1-2H3;/q-1;. The maximum atomic E-state index is 4.38. The third-order valence-electron chi connectivity index (χ3n) is 3.34. The van der Waals surface area contributed by atoms with Gasteiger partial charge >= 0.3 is 0 Å². The van der Waals surface area contributed by atoms with E-state index >= 15 is 0 Å². The van der Waals surface area contributed by atoms with E-state index in [-0.39, 0.29) is 32.7 Å². The Hall–Kier alpha value is 1.02. The number of hydrogen-bond donors (Lipinski definition) is 0. The van der Waals surface area contributed by atoms with E-state index in [1.807, 2.05) is 0 Å². The quantitative estimate of drug-likeness (QED) is 0.701. The molecule has 73 valence electrons. The summed E-state index contributed by atoms with van der Waals surface area (Å²) in [4.78, 5) is 2.67. The smallest absolute Gasteiger partial charge is 0.00427 e. The first kappa shape index (κ1) is 12.1. The Morgan fingerprint density at radius 3 is 2.31 bits per heavy atom. The molecular formula is C10H19N2Y-. The van der Waals surface area contributed by atoms with Crippen LogP contribution in [0.1, 0.15) is 33.1 Å². The summed E-state index contributed by atoms with van der Waals surface area (Å²) in [5, 5.41) is 4.38. The van der Waals surface area contributed by atoms with Gasteiger partial charge in [-0.05, 0) is 38.8 Å². The van der Waals surface area contributed by atoms with Crippen LogP contribution in [-0.4, -0.2) is 36.1 Å². The van der Waals surface area contributed by atoms with Crippen LogP contribution in [0.3, 0.4) is 0 Å². The van der Waals surface area contributed by atoms with Crippen LogP contribution in [0.4, 0.5) is 0 Å². The van der Waals surface area contributed by atoms with Gasteiger partial charge in [-0.15, -0.1) is 13.1 Å². The Balaban J connectivity index is 0.000000845. The van der Waals surface area contributed by atoms with Crippen LogP contribution < -0.4 is 0 Å². The zero-order valence-electron chi connectivity index (χ0n) is 8.79. The number of piperidine rings is 1. The summed E-state index contributed by atoms with van der Waals surface area (Å²) in [6, 6.07) is 0.709. The summed E-state index contributed by atoms with van der Waals surface area (Å²) in [6.45, 7) is 8.13. The number of rotatable bonds is 1. The van der Waals surface area contributed by atoms with Crippen molar-refractivity contribution >= 4 is 0 Å². The van der Waals surface area contributed by atoms with E-state index in [2.05, 4.69) is 24.1 Å². The van der Waals surface area contributed by atoms with Gasteiger partial charge in [0, 0.05) is 38.8 Å². The molecule has 2 saturated heterocycles. The fourth-order valence-corrected chi connectivity index (χ4v) is 2.63. The summed E-state index contributed by atoms with van der Waals surface area (Å²) in [6.07, 6.45) is 4.19. The maximum absolute atomic E-state index is 4.38. The maximum Gasteiger partial charge on any atom is 0.00427 e. The Morgan fingerprint density at radius 1 is 1.23 bits per heavy atom. The van der Waals surface area contributed by atoms with E-state index in [9.17, 15) is 0 Å². The van der Waals surface area contributed by atoms with E-state index in [4.69, 9.17) is 0 Å². The Labute approximate surface area is 107 Å². The van der Waals surface area contributed by atoms with Crippen LogP contribution in [0.15, 0.2) is 0 Å². The fraction of sp³-hybridized carbons (Fsp3) is 1.00. The van der Waals surface area contributed by atoms with Crippen LogP contribution in [0.5, 0.6) is 0 Å². The van der Waals surface area contributed by atoms with Crippen LogP contribution in [0.25, 0.3) is 5.32 Å². The van der Waals surface area contributed by atoms with Gasteiger partial charge in [0.25, 0.3) is 0 Å². The fourth-order valence-electron chi connectivity index (χ4n) is 2.63. The van der Waals surface area contributed by atoms with E-state index in [0.717, 1.165) is 13.1 Å². The SMILES string of the molecule is CC(C)N1CCCCC12C[N-]C2.[Y]. The van der Waals surface area contributed by atoms with Crippen molar-refractivity contribution in [2.24, 2.45) is 0 Å². The van der Waals surface area contributed by atoms with Gasteiger partial charge in [-0.3, -0.25) is 4.90 Å². The van der Waals surface area contributed by atoms with E-state index in [0.29, 0.717) is 11.6 Å². The number of likely N-dealkylation sites (tertiary alicyclic amines) is 1. The zero-order chi connectivity index (χ0) is 8.60. The van der Waals surface area contributed by atoms with E-state index in [1.54, 1.807) is 0 Å². The van der Waals surface area contributed by atoms with Gasteiger partial charge in [0.2, 0.25) is 0 Å². The number of hydrogen-bond acceptors (Lipinski definition) is 1. The van der Waals surface area contributed by atoms with Gasteiger partial charge in [0.05, 0.1) is 0 Å². The molecular weight excluding hydrogens is 237 g/mol. The molecule has 0 unspecified atom stereocenters. The summed E-state index contributed by atoms with van der Waals surface area (Å²) in [5.74, 6) is 0. The molecule has 0 N–H and O–H groups in total. The molecule has 0 atom stereocenters. The van der Waals surface area contributed by atoms with Crippen LogP contribution in [0, 0.1) is 0 Å². The molecule has 0 aromatic heterocycles. The van der Waals surface area contributed by atoms with E-state index < -0.39 is 0 Å². The van der Waals surface area contributed by atoms with Crippen molar-refractivity contribution in [3.63, 3.8) is 0 Å². The molecule has 0 aromatic rings. The molecule has 1 spiro atoms. The van der Waals surface area contributed by atoms with Crippen LogP contribution >= 0.6 is 0 Å². The zero-order valence-corrected chi connectivity index (χ0v) is 11.6. The molecule has 0 aliphatic carbocycles. The summed E-state index contributed by atoms with van der Waals surface area (Å²) < 4.78 is 0. The average molecular weight is 256 g/mol. The Kier molecular flexibility index (Phi) is 4.37. The van der Waals surface area contributed by atoms with Crippen molar-refractivity contribution in [2.75, 3.05) is 19.6 Å². The average Bonchev–Trinajstić information content (AvgIpc) is 2.01. The Bertz CT molecular complexity index is 166. The van der Waals surface area contributed by atoms with Crippen LogP contribution in [-0.2, 0) is 32.7 Å². The molecule has 2 aliphatic rings. The monoisotopic (exact) mass is 256 g/mol. The normalized spacial score (nSPS) is 27.0. The van der Waals surface area contributed by atoms with Gasteiger partial charge in [0.1, 0.15) is 0 Å². The molecule has 0 aromatic carbocycles. The first-order chi connectivity index (χ1) is 5.75. The Morgan fingerprint density at radius 2 is 1.92 bits per heavy atom. The van der Waals surface area contributed by atoms with Crippen molar-refractivity contribution < 1.29 is 32.7 Å². The second-order valence-electron chi connectivity index (χ2n) is 4.51. The third kappa shape index (κ3) is 2.17. The first-order valence-electron chi connectivity index (χ1n) is 5.15. The summed E-state index contributed by atoms with van der Waals surface area (Å²) >= 11 is 0. The molecule has 3 heteroatoms. The molecule has 2 heterocycles. The third-order valence-corrected chi connectivity index (χ3v) is 3.34. The molecule has 2 aliphatic heterocycles. The van der Waals surface area contributed by atoms with Gasteiger partial charge in [-0.2, -0.15) is 0 Å². The molecule has 0 amide bonds. The van der Waals surface area contributed by atoms with Gasteiger partial charge < -0.3 is 5.32 Å². The van der Waals surface area contributed by atoms with Crippen molar-refractivity contribution in [1.29, 1.82) is 0 Å². The predicted molar refractivity (Wildman–Crippen MR) is 51.5 cm³/mol. The largest absolute Gasteiger partial charge is 0.659 e. The van der Waals surface area contributed by atoms with Crippen LogP contribution in [0.2, 0.25) is 0 Å². The minimum absolute atomic E-state index is 0. The molecule has 13 heavy (non-hydrogen) atoms. The molecule has 0 saturated carbocycles. The van der Waals surface area contributed by atoms with Crippen molar-refractivity contribution in [3.05, 3.63) is 5.32 Å². The second-order valence-corrected chi connectivity index (χ2v) is 4.51. The molecule has 2 fully saturated rings. The minimum Gasteiger partial charge on any atom is -0.659 e. The van der Waals surface area contributed by atoms with E-state index in [1.165, 1.54) is 25.8 Å². The van der Waals surface area contributed by atoms with Gasteiger partial charge in [0.15, 0.2) is 0 Å². The summed E-state index contributed by atoms with van der Waals surface area (Å²) in [5.41, 5.74) is 0.506. The molecule has 2 nitrogen and oxygen atoms in total.